The lowest BCUT2D eigenvalue weighted by Gasteiger charge is -2.49. The van der Waals surface area contributed by atoms with Crippen molar-refractivity contribution in [3.8, 4) is 11.3 Å². The second kappa shape index (κ2) is 5.35. The fraction of sp³-hybridized carbons (Fsp3) is 0.412. The maximum Gasteiger partial charge on any atom is 0.260 e. The highest BCUT2D eigenvalue weighted by atomic mass is 35.5. The van der Waals surface area contributed by atoms with E-state index in [1.54, 1.807) is 13.0 Å². The quantitative estimate of drug-likeness (QED) is 0.846. The minimum absolute atomic E-state index is 0.0459. The number of ether oxygens (including phenoxy) is 1. The molecule has 120 valence electrons. The molecule has 6 heteroatoms. The molecule has 2 aromatic rings. The number of aromatic nitrogens is 1. The van der Waals surface area contributed by atoms with Crippen LogP contribution in [0.4, 0.5) is 0 Å². The SMILES string of the molecule is Cc1onc(-c2ccccc2Cl)c1C(=O)N1CCC12CCOC2. The molecule has 1 spiro atoms. The van der Waals surface area contributed by atoms with Crippen LogP contribution in [-0.4, -0.2) is 41.3 Å². The molecule has 0 N–H and O–H groups in total. The predicted octanol–water partition coefficient (Wildman–Crippen LogP) is 3.31. The van der Waals surface area contributed by atoms with Gasteiger partial charge in [0.1, 0.15) is 17.0 Å². The van der Waals surface area contributed by atoms with Gasteiger partial charge in [-0.15, -0.1) is 0 Å². The van der Waals surface area contributed by atoms with Gasteiger partial charge in [-0.1, -0.05) is 35.0 Å². The molecule has 1 aromatic heterocycles. The summed E-state index contributed by atoms with van der Waals surface area (Å²) >= 11 is 6.27. The molecule has 1 unspecified atom stereocenters. The first-order valence-electron chi connectivity index (χ1n) is 7.73. The van der Waals surface area contributed by atoms with Gasteiger partial charge >= 0.3 is 0 Å². The Morgan fingerprint density at radius 2 is 2.17 bits per heavy atom. The van der Waals surface area contributed by atoms with Crippen LogP contribution in [0.25, 0.3) is 11.3 Å². The summed E-state index contributed by atoms with van der Waals surface area (Å²) in [5, 5.41) is 4.64. The Balaban J connectivity index is 1.74. The number of hydrogen-bond donors (Lipinski definition) is 0. The Labute approximate surface area is 139 Å². The van der Waals surface area contributed by atoms with Gasteiger partial charge in [0, 0.05) is 18.7 Å². The zero-order valence-corrected chi connectivity index (χ0v) is 13.6. The van der Waals surface area contributed by atoms with Crippen LogP contribution in [0.15, 0.2) is 28.8 Å². The van der Waals surface area contributed by atoms with Crippen LogP contribution in [-0.2, 0) is 4.74 Å². The molecule has 1 atom stereocenters. The van der Waals surface area contributed by atoms with Crippen molar-refractivity contribution in [3.05, 3.63) is 40.6 Å². The van der Waals surface area contributed by atoms with E-state index >= 15 is 0 Å². The normalized spacial score (nSPS) is 23.3. The topological polar surface area (TPSA) is 55.6 Å². The number of carbonyl (C=O) groups is 1. The number of rotatable bonds is 2. The fourth-order valence-corrected chi connectivity index (χ4v) is 3.68. The highest BCUT2D eigenvalue weighted by molar-refractivity contribution is 6.33. The molecule has 4 rings (SSSR count). The number of likely N-dealkylation sites (tertiary alicyclic amines) is 1. The average Bonchev–Trinajstić information content (AvgIpc) is 3.15. The smallest absolute Gasteiger partial charge is 0.260 e. The van der Waals surface area contributed by atoms with Gasteiger partial charge in [-0.05, 0) is 25.8 Å². The number of aryl methyl sites for hydroxylation is 1. The minimum atomic E-state index is -0.140. The zero-order valence-electron chi connectivity index (χ0n) is 12.8. The first-order valence-corrected chi connectivity index (χ1v) is 8.11. The third kappa shape index (κ3) is 2.18. The van der Waals surface area contributed by atoms with E-state index in [0.717, 1.165) is 19.4 Å². The molecule has 2 saturated heterocycles. The first kappa shape index (κ1) is 14.7. The molecular formula is C17H17ClN2O3. The number of halogens is 1. The van der Waals surface area contributed by atoms with Crippen molar-refractivity contribution in [2.45, 2.75) is 25.3 Å². The molecule has 2 fully saturated rings. The van der Waals surface area contributed by atoms with Crippen molar-refractivity contribution >= 4 is 17.5 Å². The molecule has 23 heavy (non-hydrogen) atoms. The van der Waals surface area contributed by atoms with Crippen molar-refractivity contribution in [2.75, 3.05) is 19.8 Å². The van der Waals surface area contributed by atoms with Gasteiger partial charge in [0.25, 0.3) is 5.91 Å². The molecule has 0 saturated carbocycles. The monoisotopic (exact) mass is 332 g/mol. The summed E-state index contributed by atoms with van der Waals surface area (Å²) in [6.07, 6.45) is 1.88. The highest BCUT2D eigenvalue weighted by Gasteiger charge is 2.51. The second-order valence-corrected chi connectivity index (χ2v) is 6.58. The Morgan fingerprint density at radius 3 is 2.83 bits per heavy atom. The van der Waals surface area contributed by atoms with Crippen LogP contribution >= 0.6 is 11.6 Å². The molecule has 0 radical (unpaired) electrons. The van der Waals surface area contributed by atoms with Gasteiger partial charge in [-0.3, -0.25) is 4.79 Å². The van der Waals surface area contributed by atoms with E-state index in [4.69, 9.17) is 20.9 Å². The third-order valence-corrected chi connectivity index (χ3v) is 5.24. The van der Waals surface area contributed by atoms with Crippen LogP contribution in [0.1, 0.15) is 29.0 Å². The Morgan fingerprint density at radius 1 is 1.35 bits per heavy atom. The summed E-state index contributed by atoms with van der Waals surface area (Å²) in [6, 6.07) is 7.35. The van der Waals surface area contributed by atoms with E-state index in [-0.39, 0.29) is 11.4 Å². The lowest BCUT2D eigenvalue weighted by Crippen LogP contribution is -2.62. The summed E-state index contributed by atoms with van der Waals surface area (Å²) in [4.78, 5) is 15.0. The fourth-order valence-electron chi connectivity index (χ4n) is 3.46. The van der Waals surface area contributed by atoms with Crippen LogP contribution in [0.5, 0.6) is 0 Å². The van der Waals surface area contributed by atoms with E-state index in [9.17, 15) is 4.79 Å². The summed E-state index contributed by atoms with van der Waals surface area (Å²) in [6.45, 7) is 3.83. The van der Waals surface area contributed by atoms with Gasteiger partial charge < -0.3 is 14.2 Å². The lowest BCUT2D eigenvalue weighted by molar-refractivity contribution is -0.00800. The zero-order chi connectivity index (χ0) is 16.0. The van der Waals surface area contributed by atoms with Crippen molar-refractivity contribution in [1.82, 2.24) is 10.1 Å². The van der Waals surface area contributed by atoms with Crippen LogP contribution in [0.2, 0.25) is 5.02 Å². The minimum Gasteiger partial charge on any atom is -0.379 e. The van der Waals surface area contributed by atoms with E-state index in [0.29, 0.717) is 40.8 Å². The van der Waals surface area contributed by atoms with Gasteiger partial charge in [0.15, 0.2) is 0 Å². The second-order valence-electron chi connectivity index (χ2n) is 6.18. The van der Waals surface area contributed by atoms with Crippen molar-refractivity contribution in [2.24, 2.45) is 0 Å². The molecule has 0 bridgehead atoms. The summed E-state index contributed by atoms with van der Waals surface area (Å²) in [5.74, 6) is 0.473. The van der Waals surface area contributed by atoms with Crippen molar-refractivity contribution < 1.29 is 14.1 Å². The summed E-state index contributed by atoms with van der Waals surface area (Å²) in [5.41, 5.74) is 1.59. The van der Waals surface area contributed by atoms with Gasteiger partial charge in [0.05, 0.1) is 17.2 Å². The number of benzene rings is 1. The Kier molecular flexibility index (Phi) is 3.43. The highest BCUT2D eigenvalue weighted by Crippen LogP contribution is 2.41. The number of hydrogen-bond acceptors (Lipinski definition) is 4. The molecule has 0 aliphatic carbocycles. The molecule has 1 amide bonds. The van der Waals surface area contributed by atoms with E-state index in [1.165, 1.54) is 0 Å². The van der Waals surface area contributed by atoms with Gasteiger partial charge in [-0.2, -0.15) is 0 Å². The standard InChI is InChI=1S/C17H17ClN2O3/c1-11-14(15(19-23-11)12-4-2-3-5-13(12)18)16(21)20-8-6-17(20)7-9-22-10-17/h2-5H,6-10H2,1H3. The van der Waals surface area contributed by atoms with Crippen LogP contribution in [0.3, 0.4) is 0 Å². The van der Waals surface area contributed by atoms with Gasteiger partial charge in [-0.25, -0.2) is 0 Å². The summed E-state index contributed by atoms with van der Waals surface area (Å²) < 4.78 is 10.8. The van der Waals surface area contributed by atoms with Crippen LogP contribution < -0.4 is 0 Å². The largest absolute Gasteiger partial charge is 0.379 e. The number of nitrogens with zero attached hydrogens (tertiary/aromatic N) is 2. The van der Waals surface area contributed by atoms with Crippen molar-refractivity contribution in [1.29, 1.82) is 0 Å². The molecule has 3 heterocycles. The Bertz CT molecular complexity index is 765. The van der Waals surface area contributed by atoms with E-state index in [1.807, 2.05) is 23.1 Å². The van der Waals surface area contributed by atoms with E-state index < -0.39 is 0 Å². The molecule has 2 aliphatic rings. The third-order valence-electron chi connectivity index (χ3n) is 4.91. The van der Waals surface area contributed by atoms with Crippen LogP contribution in [0, 0.1) is 6.92 Å². The maximum absolute atomic E-state index is 13.1. The number of amides is 1. The Hall–Kier alpha value is -1.85. The maximum atomic E-state index is 13.1. The summed E-state index contributed by atoms with van der Waals surface area (Å²) in [7, 11) is 0. The van der Waals surface area contributed by atoms with Crippen molar-refractivity contribution in [3.63, 3.8) is 0 Å². The number of carbonyl (C=O) groups excluding carboxylic acids is 1. The lowest BCUT2D eigenvalue weighted by atomic mass is 9.83. The van der Waals surface area contributed by atoms with Gasteiger partial charge in [0.2, 0.25) is 0 Å². The molecule has 2 aliphatic heterocycles. The van der Waals surface area contributed by atoms with E-state index in [2.05, 4.69) is 5.16 Å². The average molecular weight is 333 g/mol. The molecule has 5 nitrogen and oxygen atoms in total. The molecule has 1 aromatic carbocycles. The first-order chi connectivity index (χ1) is 11.1. The molecular weight excluding hydrogens is 316 g/mol. The predicted molar refractivity (Wildman–Crippen MR) is 85.5 cm³/mol.